The molecule has 0 unspecified atom stereocenters. The van der Waals surface area contributed by atoms with Crippen molar-refractivity contribution in [2.75, 3.05) is 11.4 Å². The zero-order chi connectivity index (χ0) is 28.8. The van der Waals surface area contributed by atoms with Crippen molar-refractivity contribution < 1.29 is 14.0 Å². The third kappa shape index (κ3) is 6.51. The number of fused-ring (bicyclic) bond motifs is 1. The van der Waals surface area contributed by atoms with Gasteiger partial charge >= 0.3 is 0 Å². The highest BCUT2D eigenvalue weighted by molar-refractivity contribution is 7.20. The number of carbonyl (C=O) groups is 2. The molecule has 5 rings (SSSR count). The summed E-state index contributed by atoms with van der Waals surface area (Å²) >= 11 is 1.40. The molecule has 0 atom stereocenters. The van der Waals surface area contributed by atoms with E-state index in [0.29, 0.717) is 29.2 Å². The van der Waals surface area contributed by atoms with E-state index in [0.717, 1.165) is 34.2 Å². The monoisotopic (exact) mass is 565 g/mol. The molecule has 0 spiro atoms. The smallest absolute Gasteiger partial charge is 0.261 e. The van der Waals surface area contributed by atoms with E-state index in [9.17, 15) is 14.0 Å². The van der Waals surface area contributed by atoms with Crippen molar-refractivity contribution in [3.8, 4) is 6.07 Å². The Morgan fingerprint density at radius 3 is 2.68 bits per heavy atom. The Balaban J connectivity index is 1.47. The molecule has 0 radical (unpaired) electrons. The van der Waals surface area contributed by atoms with Crippen LogP contribution in [0.2, 0.25) is 0 Å². The van der Waals surface area contributed by atoms with Crippen LogP contribution in [0, 0.1) is 17.1 Å². The lowest BCUT2D eigenvalue weighted by Crippen LogP contribution is -2.31. The van der Waals surface area contributed by atoms with E-state index < -0.39 is 5.82 Å². The van der Waals surface area contributed by atoms with Crippen molar-refractivity contribution >= 4 is 38.9 Å². The van der Waals surface area contributed by atoms with Gasteiger partial charge in [-0.1, -0.05) is 31.5 Å². The van der Waals surface area contributed by atoms with E-state index in [2.05, 4.69) is 23.3 Å². The third-order valence-electron chi connectivity index (χ3n) is 6.72. The molecule has 0 saturated heterocycles. The molecule has 2 heterocycles. The van der Waals surface area contributed by atoms with E-state index >= 15 is 0 Å². The maximum atomic E-state index is 14.1. The van der Waals surface area contributed by atoms with Crippen LogP contribution < -0.4 is 10.2 Å². The number of nitrogens with zero attached hydrogens (tertiary/aromatic N) is 4. The lowest BCUT2D eigenvalue weighted by atomic mass is 10.1. The first kappa shape index (κ1) is 27.7. The molecule has 0 fully saturated rings. The van der Waals surface area contributed by atoms with Crippen LogP contribution in [0.3, 0.4) is 0 Å². The molecule has 0 aliphatic rings. The van der Waals surface area contributed by atoms with Crippen LogP contribution in [0.15, 0.2) is 85.3 Å². The molecule has 41 heavy (non-hydrogen) atoms. The quantitative estimate of drug-likeness (QED) is 0.195. The Kier molecular flexibility index (Phi) is 8.51. The highest BCUT2D eigenvalue weighted by Gasteiger charge is 2.22. The van der Waals surface area contributed by atoms with Gasteiger partial charge in [-0.25, -0.2) is 9.37 Å². The number of nitrogens with one attached hydrogen (secondary N) is 1. The summed E-state index contributed by atoms with van der Waals surface area (Å²) < 4.78 is 17.0. The molecule has 206 valence electrons. The number of thiophene rings is 1. The second-order valence-corrected chi connectivity index (χ2v) is 10.7. The van der Waals surface area contributed by atoms with E-state index in [1.807, 2.05) is 41.0 Å². The number of benzene rings is 3. The maximum absolute atomic E-state index is 14.1. The molecule has 7 nitrogen and oxygen atoms in total. The molecule has 0 bridgehead atoms. The Hall–Kier alpha value is -4.81. The van der Waals surface area contributed by atoms with Gasteiger partial charge in [-0.05, 0) is 72.0 Å². The van der Waals surface area contributed by atoms with E-state index in [1.54, 1.807) is 35.6 Å². The Morgan fingerprint density at radius 1 is 1.10 bits per heavy atom. The van der Waals surface area contributed by atoms with Crippen LogP contribution in [0.25, 0.3) is 10.1 Å². The Labute approximate surface area is 241 Å². The fraction of sp³-hybridized carbons (Fsp3) is 0.188. The minimum absolute atomic E-state index is 0.111. The van der Waals surface area contributed by atoms with Crippen LogP contribution in [-0.4, -0.2) is 27.9 Å². The summed E-state index contributed by atoms with van der Waals surface area (Å²) in [4.78, 5) is 33.0. The first-order chi connectivity index (χ1) is 19.9. The summed E-state index contributed by atoms with van der Waals surface area (Å²) in [5.41, 5.74) is 3.19. The predicted molar refractivity (Wildman–Crippen MR) is 158 cm³/mol. The average molecular weight is 566 g/mol. The van der Waals surface area contributed by atoms with E-state index in [1.165, 1.54) is 29.5 Å². The van der Waals surface area contributed by atoms with Crippen molar-refractivity contribution in [1.82, 2.24) is 14.9 Å². The fourth-order valence-electron chi connectivity index (χ4n) is 4.50. The molecule has 2 aromatic heterocycles. The van der Waals surface area contributed by atoms with Crippen molar-refractivity contribution in [2.45, 2.75) is 32.9 Å². The number of carbonyl (C=O) groups excluding carboxylic acids is 2. The highest BCUT2D eigenvalue weighted by atomic mass is 32.1. The van der Waals surface area contributed by atoms with E-state index in [4.69, 9.17) is 5.26 Å². The van der Waals surface area contributed by atoms with Crippen LogP contribution in [0.1, 0.15) is 56.6 Å². The summed E-state index contributed by atoms with van der Waals surface area (Å²) in [6.45, 7) is 3.39. The minimum atomic E-state index is -0.492. The highest BCUT2D eigenvalue weighted by Crippen LogP contribution is 2.31. The largest absolute Gasteiger partial charge is 0.351 e. The standard InChI is InChI=1S/C32H28FN5O2S/c1-2-3-13-36-31(39)30-16-25-15-27(11-12-29(25)41-30)38(32(40)24-5-4-6-26(33)14-24)20-28-18-35-21-37(28)19-23-9-7-22(17-34)8-10-23/h4-12,14-16,18,21H,2-3,13,19-20H2,1H3,(H,36,39). The van der Waals surface area contributed by atoms with Gasteiger partial charge in [0.1, 0.15) is 5.82 Å². The minimum Gasteiger partial charge on any atom is -0.351 e. The summed E-state index contributed by atoms with van der Waals surface area (Å²) in [6, 6.07) is 22.5. The van der Waals surface area contributed by atoms with Gasteiger partial charge in [0.25, 0.3) is 11.8 Å². The first-order valence-corrected chi connectivity index (χ1v) is 14.1. The van der Waals surface area contributed by atoms with Gasteiger partial charge in [-0.3, -0.25) is 9.59 Å². The molecule has 2 amide bonds. The first-order valence-electron chi connectivity index (χ1n) is 13.3. The fourth-order valence-corrected chi connectivity index (χ4v) is 5.46. The number of unbranched alkanes of at least 4 members (excludes halogenated alkanes) is 1. The van der Waals surface area contributed by atoms with Gasteiger partial charge < -0.3 is 14.8 Å². The Morgan fingerprint density at radius 2 is 1.93 bits per heavy atom. The van der Waals surface area contributed by atoms with Gasteiger partial charge in [0, 0.05) is 35.2 Å². The van der Waals surface area contributed by atoms with Gasteiger partial charge in [-0.15, -0.1) is 11.3 Å². The molecule has 5 aromatic rings. The van der Waals surface area contributed by atoms with Crippen molar-refractivity contribution in [1.29, 1.82) is 5.26 Å². The summed E-state index contributed by atoms with van der Waals surface area (Å²) in [5.74, 6) is -0.961. The van der Waals surface area contributed by atoms with Crippen molar-refractivity contribution in [2.24, 2.45) is 0 Å². The van der Waals surface area contributed by atoms with Crippen molar-refractivity contribution in [3.05, 3.63) is 118 Å². The Bertz CT molecular complexity index is 1740. The van der Waals surface area contributed by atoms with Crippen LogP contribution in [-0.2, 0) is 13.1 Å². The van der Waals surface area contributed by atoms with Crippen molar-refractivity contribution in [3.63, 3.8) is 0 Å². The van der Waals surface area contributed by atoms with Crippen LogP contribution in [0.5, 0.6) is 0 Å². The molecular formula is C32H28FN5O2S. The number of anilines is 1. The number of rotatable bonds is 10. The van der Waals surface area contributed by atoms with E-state index in [-0.39, 0.29) is 23.9 Å². The SMILES string of the molecule is CCCCNC(=O)c1cc2cc(N(Cc3cncn3Cc3ccc(C#N)cc3)C(=O)c3cccc(F)c3)ccc2s1. The van der Waals surface area contributed by atoms with Crippen LogP contribution >= 0.6 is 11.3 Å². The average Bonchev–Trinajstić information content (AvgIpc) is 3.62. The van der Waals surface area contributed by atoms with Gasteiger partial charge in [0.15, 0.2) is 0 Å². The number of imidazole rings is 1. The lowest BCUT2D eigenvalue weighted by molar-refractivity contribution is 0.0955. The molecule has 0 aliphatic heterocycles. The number of aromatic nitrogens is 2. The molecule has 9 heteroatoms. The van der Waals surface area contributed by atoms with Gasteiger partial charge in [0.05, 0.1) is 35.1 Å². The number of nitriles is 1. The topological polar surface area (TPSA) is 91.0 Å². The normalized spacial score (nSPS) is 10.9. The van der Waals surface area contributed by atoms with Gasteiger partial charge in [0.2, 0.25) is 0 Å². The zero-order valence-corrected chi connectivity index (χ0v) is 23.3. The summed E-state index contributed by atoms with van der Waals surface area (Å²) in [7, 11) is 0. The second kappa shape index (κ2) is 12.6. The molecule has 0 saturated carbocycles. The number of hydrogen-bond donors (Lipinski definition) is 1. The number of halogens is 1. The lowest BCUT2D eigenvalue weighted by Gasteiger charge is -2.24. The summed E-state index contributed by atoms with van der Waals surface area (Å²) in [5, 5.41) is 12.9. The molecule has 0 aliphatic carbocycles. The third-order valence-corrected chi connectivity index (χ3v) is 7.84. The van der Waals surface area contributed by atoms with Gasteiger partial charge in [-0.2, -0.15) is 5.26 Å². The number of hydrogen-bond acceptors (Lipinski definition) is 5. The second-order valence-electron chi connectivity index (χ2n) is 9.67. The molecule has 1 N–H and O–H groups in total. The molecular weight excluding hydrogens is 537 g/mol. The molecule has 3 aromatic carbocycles. The zero-order valence-electron chi connectivity index (χ0n) is 22.5. The maximum Gasteiger partial charge on any atom is 0.261 e. The summed E-state index contributed by atoms with van der Waals surface area (Å²) in [6.07, 6.45) is 5.32. The van der Waals surface area contributed by atoms with Crippen LogP contribution in [0.4, 0.5) is 10.1 Å². The predicted octanol–water partition coefficient (Wildman–Crippen LogP) is 6.53. The number of amides is 2.